The molecule has 1 N–H and O–H groups in total. The van der Waals surface area contributed by atoms with Crippen molar-refractivity contribution in [2.24, 2.45) is 5.10 Å². The summed E-state index contributed by atoms with van der Waals surface area (Å²) in [5, 5.41) is 4.14. The molecule has 0 aliphatic heterocycles. The van der Waals surface area contributed by atoms with Gasteiger partial charge in [-0.3, -0.25) is 9.59 Å². The average molecular weight is 290 g/mol. The maximum atomic E-state index is 12.1. The van der Waals surface area contributed by atoms with Crippen molar-refractivity contribution in [3.63, 3.8) is 0 Å². The Morgan fingerprint density at radius 1 is 1.38 bits per heavy atom. The topological polar surface area (TPSA) is 67.8 Å². The number of carbonyl (C=O) groups is 2. The third-order valence-electron chi connectivity index (χ3n) is 3.44. The summed E-state index contributed by atoms with van der Waals surface area (Å²) in [6, 6.07) is 0.345. The Morgan fingerprint density at radius 2 is 2.14 bits per heavy atom. The van der Waals surface area contributed by atoms with Crippen LogP contribution in [0.5, 0.6) is 0 Å². The van der Waals surface area contributed by atoms with Gasteiger partial charge >= 0.3 is 5.97 Å². The van der Waals surface area contributed by atoms with Gasteiger partial charge in [0.1, 0.15) is 0 Å². The number of nitrogens with zero attached hydrogens (tertiary/aromatic N) is 1. The van der Waals surface area contributed by atoms with Gasteiger partial charge in [0.15, 0.2) is 11.5 Å². The van der Waals surface area contributed by atoms with Gasteiger partial charge in [-0.25, -0.2) is 0 Å². The van der Waals surface area contributed by atoms with E-state index in [0.29, 0.717) is 18.0 Å². The first-order valence-corrected chi connectivity index (χ1v) is 7.59. The third kappa shape index (κ3) is 4.55. The maximum Gasteiger partial charge on any atom is 0.311 e. The molecule has 114 valence electrons. The Morgan fingerprint density at radius 3 is 2.81 bits per heavy atom. The summed E-state index contributed by atoms with van der Waals surface area (Å²) in [4.78, 5) is 23.9. The van der Waals surface area contributed by atoms with E-state index in [0.717, 1.165) is 32.1 Å². The van der Waals surface area contributed by atoms with Gasteiger partial charge in [-0.2, -0.15) is 5.10 Å². The number of ether oxygens (including phenoxy) is 1. The van der Waals surface area contributed by atoms with Crippen LogP contribution in [0.1, 0.15) is 52.4 Å². The molecule has 2 aliphatic rings. The second-order valence-corrected chi connectivity index (χ2v) is 5.50. The Bertz CT molecular complexity index is 514. The molecule has 5 heteroatoms. The Balaban J connectivity index is 2.01. The van der Waals surface area contributed by atoms with Crippen molar-refractivity contribution in [1.29, 1.82) is 0 Å². The highest BCUT2D eigenvalue weighted by atomic mass is 16.5. The minimum atomic E-state index is -0.311. The van der Waals surface area contributed by atoms with Crippen LogP contribution in [0.3, 0.4) is 0 Å². The van der Waals surface area contributed by atoms with E-state index in [9.17, 15) is 9.59 Å². The number of ketones is 1. The molecule has 1 saturated carbocycles. The minimum absolute atomic E-state index is 0.193. The van der Waals surface area contributed by atoms with E-state index in [-0.39, 0.29) is 23.2 Å². The second kappa shape index (κ2) is 7.20. The van der Waals surface area contributed by atoms with Crippen LogP contribution in [-0.2, 0) is 14.3 Å². The molecule has 1 fully saturated rings. The lowest BCUT2D eigenvalue weighted by molar-refractivity contribution is -0.138. The molecule has 0 atom stereocenters. The number of carbonyl (C=O) groups excluding carboxylic acids is 2. The van der Waals surface area contributed by atoms with Crippen molar-refractivity contribution < 1.29 is 14.3 Å². The number of hydrazone groups is 1. The van der Waals surface area contributed by atoms with Crippen molar-refractivity contribution in [2.45, 2.75) is 58.4 Å². The standard InChI is InChI=1S/C16H22N2O3/c1-3-4-5-6-14(19)21-13-10-7-11(2)16(20)15(13)18-17-12-8-9-12/h7,10,12,17H,3-6,8-9H2,1-2H3. The molecule has 0 unspecified atom stereocenters. The average Bonchev–Trinajstić information content (AvgIpc) is 3.27. The number of nitrogens with one attached hydrogen (secondary N) is 1. The van der Waals surface area contributed by atoms with Crippen LogP contribution in [0.4, 0.5) is 0 Å². The van der Waals surface area contributed by atoms with Gasteiger partial charge in [-0.15, -0.1) is 0 Å². The zero-order valence-electron chi connectivity index (χ0n) is 12.6. The summed E-state index contributed by atoms with van der Waals surface area (Å²) in [7, 11) is 0. The summed E-state index contributed by atoms with van der Waals surface area (Å²) in [5.74, 6) is -0.253. The predicted molar refractivity (Wildman–Crippen MR) is 80.7 cm³/mol. The number of esters is 1. The number of rotatable bonds is 7. The molecule has 0 aromatic heterocycles. The molecule has 2 rings (SSSR count). The zero-order chi connectivity index (χ0) is 15.2. The number of allylic oxidation sites excluding steroid dienone is 4. The Kier molecular flexibility index (Phi) is 5.31. The van der Waals surface area contributed by atoms with Crippen LogP contribution < -0.4 is 5.43 Å². The first kappa shape index (κ1) is 15.5. The van der Waals surface area contributed by atoms with Gasteiger partial charge < -0.3 is 10.2 Å². The highest BCUT2D eigenvalue weighted by Gasteiger charge is 2.27. The first-order chi connectivity index (χ1) is 10.1. The summed E-state index contributed by atoms with van der Waals surface area (Å²) in [5.41, 5.74) is 3.73. The molecule has 0 spiro atoms. The van der Waals surface area contributed by atoms with E-state index in [1.165, 1.54) is 0 Å². The normalized spacial score (nSPS) is 20.1. The molecule has 0 radical (unpaired) electrons. The first-order valence-electron chi connectivity index (χ1n) is 7.59. The minimum Gasteiger partial charge on any atom is -0.424 e. The van der Waals surface area contributed by atoms with E-state index in [1.807, 2.05) is 0 Å². The van der Waals surface area contributed by atoms with Gasteiger partial charge in [-0.05, 0) is 37.8 Å². The highest BCUT2D eigenvalue weighted by Crippen LogP contribution is 2.20. The molecule has 21 heavy (non-hydrogen) atoms. The van der Waals surface area contributed by atoms with E-state index in [4.69, 9.17) is 4.74 Å². The monoisotopic (exact) mass is 290 g/mol. The molecule has 5 nitrogen and oxygen atoms in total. The molecule has 0 aromatic carbocycles. The number of unbranched alkanes of at least 4 members (excludes halogenated alkanes) is 2. The van der Waals surface area contributed by atoms with Crippen molar-refractivity contribution in [1.82, 2.24) is 5.43 Å². The summed E-state index contributed by atoms with van der Waals surface area (Å²) < 4.78 is 5.31. The SMILES string of the molecule is CCCCCC(=O)OC1=CC=C(C)C(=O)C1=NNC1CC1. The maximum absolute atomic E-state index is 12.1. The smallest absolute Gasteiger partial charge is 0.311 e. The lowest BCUT2D eigenvalue weighted by Crippen LogP contribution is -2.27. The van der Waals surface area contributed by atoms with Gasteiger partial charge in [0.05, 0.1) is 0 Å². The number of Topliss-reactive ketones (excluding diaryl/α,β-unsaturated/α-hetero) is 1. The fraction of sp³-hybridized carbons (Fsp3) is 0.562. The molecule has 0 saturated heterocycles. The van der Waals surface area contributed by atoms with Crippen molar-refractivity contribution in [3.8, 4) is 0 Å². The predicted octanol–water partition coefficient (Wildman–Crippen LogP) is 2.63. The van der Waals surface area contributed by atoms with Crippen LogP contribution >= 0.6 is 0 Å². The molecule has 0 amide bonds. The quantitative estimate of drug-likeness (QED) is 0.339. The van der Waals surface area contributed by atoms with Gasteiger partial charge in [-0.1, -0.05) is 25.8 Å². The van der Waals surface area contributed by atoms with Crippen LogP contribution in [0.2, 0.25) is 0 Å². The molecular weight excluding hydrogens is 268 g/mol. The zero-order valence-corrected chi connectivity index (χ0v) is 12.6. The second-order valence-electron chi connectivity index (χ2n) is 5.50. The molecule has 0 bridgehead atoms. The summed E-state index contributed by atoms with van der Waals surface area (Å²) in [6.45, 7) is 3.81. The van der Waals surface area contributed by atoms with Crippen LogP contribution in [-0.4, -0.2) is 23.5 Å². The van der Waals surface area contributed by atoms with Gasteiger partial charge in [0.25, 0.3) is 0 Å². The van der Waals surface area contributed by atoms with Crippen molar-refractivity contribution in [3.05, 3.63) is 23.5 Å². The van der Waals surface area contributed by atoms with Crippen LogP contribution in [0.25, 0.3) is 0 Å². The van der Waals surface area contributed by atoms with Gasteiger partial charge in [0, 0.05) is 12.5 Å². The lowest BCUT2D eigenvalue weighted by Gasteiger charge is -2.14. The van der Waals surface area contributed by atoms with Crippen LogP contribution in [0.15, 0.2) is 28.6 Å². The molecular formula is C16H22N2O3. The number of hydrogen-bond acceptors (Lipinski definition) is 5. The highest BCUT2D eigenvalue weighted by molar-refractivity contribution is 6.51. The van der Waals surface area contributed by atoms with Gasteiger partial charge in [0.2, 0.25) is 5.78 Å². The summed E-state index contributed by atoms with van der Waals surface area (Å²) >= 11 is 0. The Labute approximate surface area is 125 Å². The fourth-order valence-electron chi connectivity index (χ4n) is 1.90. The molecule has 2 aliphatic carbocycles. The van der Waals surface area contributed by atoms with E-state index < -0.39 is 0 Å². The van der Waals surface area contributed by atoms with Crippen LogP contribution in [0, 0.1) is 0 Å². The molecule has 0 heterocycles. The largest absolute Gasteiger partial charge is 0.424 e. The fourth-order valence-corrected chi connectivity index (χ4v) is 1.90. The lowest BCUT2D eigenvalue weighted by atomic mass is 10.0. The molecule has 0 aromatic rings. The Hall–Kier alpha value is -1.91. The number of hydrogen-bond donors (Lipinski definition) is 1. The van der Waals surface area contributed by atoms with E-state index >= 15 is 0 Å². The van der Waals surface area contributed by atoms with Crippen molar-refractivity contribution in [2.75, 3.05) is 0 Å². The van der Waals surface area contributed by atoms with E-state index in [1.54, 1.807) is 19.1 Å². The van der Waals surface area contributed by atoms with Crippen molar-refractivity contribution >= 4 is 17.5 Å². The third-order valence-corrected chi connectivity index (χ3v) is 3.44. The summed E-state index contributed by atoms with van der Waals surface area (Å²) in [6.07, 6.45) is 8.65. The van der Waals surface area contributed by atoms with E-state index in [2.05, 4.69) is 17.5 Å².